The van der Waals surface area contributed by atoms with Gasteiger partial charge >= 0.3 is 12.8 Å². The van der Waals surface area contributed by atoms with E-state index >= 15 is 0 Å². The second-order valence-electron chi connectivity index (χ2n) is 6.77. The lowest BCUT2D eigenvalue weighted by Crippen LogP contribution is -2.43. The van der Waals surface area contributed by atoms with Gasteiger partial charge in [-0.3, -0.25) is 0 Å². The normalized spacial score (nSPS) is 14.0. The van der Waals surface area contributed by atoms with Gasteiger partial charge in [0.1, 0.15) is 11.5 Å². The van der Waals surface area contributed by atoms with Crippen LogP contribution < -0.4 is 9.47 Å². The molecule has 2 aromatic carbocycles. The summed E-state index contributed by atoms with van der Waals surface area (Å²) in [5.74, 6) is -0.786. The zero-order valence-corrected chi connectivity index (χ0v) is 17.4. The molecule has 0 bridgehead atoms. The smallest absolute Gasteiger partial charge is 0.425 e. The highest BCUT2D eigenvalue weighted by atomic mass is 19.4. The maximum atomic E-state index is 14.2. The first-order valence-electron chi connectivity index (χ1n) is 9.22. The van der Waals surface area contributed by atoms with Gasteiger partial charge in [0.2, 0.25) is 5.60 Å². The van der Waals surface area contributed by atoms with Gasteiger partial charge < -0.3 is 19.5 Å². The Morgan fingerprint density at radius 1 is 1.19 bits per heavy atom. The minimum atomic E-state index is -5.20. The van der Waals surface area contributed by atoms with E-state index < -0.39 is 35.3 Å². The van der Waals surface area contributed by atoms with E-state index in [-0.39, 0.29) is 5.75 Å². The Balaban J connectivity index is 2.69. The lowest BCUT2D eigenvalue weighted by molar-refractivity contribution is -0.248. The van der Waals surface area contributed by atoms with Crippen LogP contribution in [0.3, 0.4) is 0 Å². The molecule has 0 aromatic heterocycles. The molecule has 0 aliphatic carbocycles. The molecule has 0 radical (unpaired) electrons. The van der Waals surface area contributed by atoms with E-state index in [2.05, 4.69) is 9.73 Å². The summed E-state index contributed by atoms with van der Waals surface area (Å²) in [5, 5.41) is 10.9. The first-order chi connectivity index (χ1) is 14.4. The second-order valence-corrected chi connectivity index (χ2v) is 6.77. The van der Waals surface area contributed by atoms with Crippen LogP contribution >= 0.6 is 0 Å². The molecule has 0 spiro atoms. The number of aryl methyl sites for hydroxylation is 1. The van der Waals surface area contributed by atoms with Crippen molar-refractivity contribution in [3.63, 3.8) is 0 Å². The van der Waals surface area contributed by atoms with Gasteiger partial charge in [0.05, 0.1) is 19.1 Å². The average molecular weight is 446 g/mol. The number of benzene rings is 2. The highest BCUT2D eigenvalue weighted by molar-refractivity contribution is 5.66. The fraction of sp³-hybridized carbons (Fsp3) is 0.381. The third kappa shape index (κ3) is 5.25. The Labute approximate surface area is 176 Å². The lowest BCUT2D eigenvalue weighted by Gasteiger charge is -2.33. The quantitative estimate of drug-likeness (QED) is 0.352. The number of halogens is 5. The van der Waals surface area contributed by atoms with E-state index in [1.165, 1.54) is 19.3 Å². The lowest BCUT2D eigenvalue weighted by atomic mass is 9.84. The molecule has 5 nitrogen and oxygen atoms in total. The first-order valence-corrected chi connectivity index (χ1v) is 9.22. The van der Waals surface area contributed by atoms with Crippen LogP contribution in [-0.4, -0.2) is 49.8 Å². The number of rotatable bonds is 8. The van der Waals surface area contributed by atoms with Crippen LogP contribution in [0, 0.1) is 6.92 Å². The van der Waals surface area contributed by atoms with Crippen LogP contribution in [0.4, 0.5) is 27.6 Å². The van der Waals surface area contributed by atoms with Gasteiger partial charge in [-0.1, -0.05) is 12.1 Å². The molecule has 10 heteroatoms. The SMILES string of the molecule is CCN(C)/C=N/c1cc(OC)c(C(O)(c2cccc(OC(F)F)c2)C(F)(F)F)cc1C. The van der Waals surface area contributed by atoms with Crippen molar-refractivity contribution in [3.05, 3.63) is 53.1 Å². The maximum absolute atomic E-state index is 14.2. The van der Waals surface area contributed by atoms with Crippen molar-refractivity contribution in [2.75, 3.05) is 20.7 Å². The largest absolute Gasteiger partial charge is 0.496 e. The topological polar surface area (TPSA) is 54.3 Å². The summed E-state index contributed by atoms with van der Waals surface area (Å²) in [5.41, 5.74) is -4.15. The molecule has 0 fully saturated rings. The number of nitrogens with zero attached hydrogens (tertiary/aromatic N) is 2. The standard InChI is InChI=1S/C21H23F5N2O3/c1-5-28(3)12-27-17-11-18(30-4)16(9-13(17)2)20(29,21(24,25)26)14-7-6-8-15(10-14)31-19(22)23/h6-12,19,29H,5H2,1-4H3/b27-12+. The van der Waals surface area contributed by atoms with Gasteiger partial charge in [0, 0.05) is 30.8 Å². The Morgan fingerprint density at radius 3 is 2.42 bits per heavy atom. The fourth-order valence-electron chi connectivity index (χ4n) is 2.88. The third-order valence-electron chi connectivity index (χ3n) is 4.69. The van der Waals surface area contributed by atoms with Crippen molar-refractivity contribution in [1.82, 2.24) is 4.90 Å². The molecule has 0 amide bonds. The summed E-state index contributed by atoms with van der Waals surface area (Å²) in [7, 11) is 2.94. The van der Waals surface area contributed by atoms with Crippen molar-refractivity contribution in [2.45, 2.75) is 32.2 Å². The zero-order valence-electron chi connectivity index (χ0n) is 17.4. The van der Waals surface area contributed by atoms with Crippen molar-refractivity contribution in [2.24, 2.45) is 4.99 Å². The Bertz CT molecular complexity index is 934. The van der Waals surface area contributed by atoms with E-state index in [1.54, 1.807) is 11.9 Å². The number of aliphatic imine (C=N–C) groups is 1. The molecule has 0 saturated heterocycles. The van der Waals surface area contributed by atoms with Crippen LogP contribution in [0.5, 0.6) is 11.5 Å². The van der Waals surface area contributed by atoms with Gasteiger partial charge in [-0.05, 0) is 37.6 Å². The van der Waals surface area contributed by atoms with Crippen LogP contribution in [0.1, 0.15) is 23.6 Å². The third-order valence-corrected chi connectivity index (χ3v) is 4.69. The number of methoxy groups -OCH3 is 1. The zero-order chi connectivity index (χ0) is 23.4. The Kier molecular flexibility index (Phi) is 7.48. The molecule has 1 unspecified atom stereocenters. The van der Waals surface area contributed by atoms with Crippen LogP contribution in [-0.2, 0) is 5.60 Å². The van der Waals surface area contributed by atoms with Gasteiger partial charge in [0.25, 0.3) is 0 Å². The number of ether oxygens (including phenoxy) is 2. The minimum Gasteiger partial charge on any atom is -0.496 e. The average Bonchev–Trinajstić information content (AvgIpc) is 2.70. The molecule has 0 heterocycles. The molecular weight excluding hydrogens is 423 g/mol. The summed E-state index contributed by atoms with van der Waals surface area (Å²) in [6.07, 6.45) is -3.69. The highest BCUT2D eigenvalue weighted by Gasteiger charge is 2.58. The van der Waals surface area contributed by atoms with Gasteiger partial charge in [-0.25, -0.2) is 4.99 Å². The fourth-order valence-corrected chi connectivity index (χ4v) is 2.88. The summed E-state index contributed by atoms with van der Waals surface area (Å²) < 4.78 is 77.0. The summed E-state index contributed by atoms with van der Waals surface area (Å²) in [4.78, 5) is 6.01. The van der Waals surface area contributed by atoms with E-state index in [0.717, 1.165) is 37.4 Å². The van der Waals surface area contributed by atoms with Crippen LogP contribution in [0.25, 0.3) is 0 Å². The number of aliphatic hydroxyl groups is 1. The molecule has 170 valence electrons. The molecule has 0 aliphatic heterocycles. The van der Waals surface area contributed by atoms with Gasteiger partial charge in [-0.15, -0.1) is 0 Å². The van der Waals surface area contributed by atoms with E-state index in [0.29, 0.717) is 17.8 Å². The van der Waals surface area contributed by atoms with Crippen LogP contribution in [0.15, 0.2) is 41.4 Å². The maximum Gasteiger partial charge on any atom is 0.425 e. The molecule has 0 saturated carbocycles. The monoisotopic (exact) mass is 446 g/mol. The van der Waals surface area contributed by atoms with E-state index in [9.17, 15) is 27.1 Å². The summed E-state index contributed by atoms with van der Waals surface area (Å²) >= 11 is 0. The molecule has 1 atom stereocenters. The molecule has 2 rings (SSSR count). The minimum absolute atomic E-state index is 0.267. The predicted molar refractivity (Wildman–Crippen MR) is 106 cm³/mol. The van der Waals surface area contributed by atoms with Crippen molar-refractivity contribution in [1.29, 1.82) is 0 Å². The van der Waals surface area contributed by atoms with Crippen LogP contribution in [0.2, 0.25) is 0 Å². The number of hydrogen-bond donors (Lipinski definition) is 1. The molecule has 31 heavy (non-hydrogen) atoms. The van der Waals surface area contributed by atoms with Gasteiger partial charge in [-0.2, -0.15) is 22.0 Å². The first kappa shape index (κ1) is 24.4. The molecular formula is C21H23F5N2O3. The number of alkyl halides is 5. The van der Waals surface area contributed by atoms with Gasteiger partial charge in [0.15, 0.2) is 0 Å². The van der Waals surface area contributed by atoms with Crippen molar-refractivity contribution < 1.29 is 36.5 Å². The Hall–Kier alpha value is -2.88. The second kappa shape index (κ2) is 9.51. The van der Waals surface area contributed by atoms with Crippen molar-refractivity contribution >= 4 is 12.0 Å². The highest BCUT2D eigenvalue weighted by Crippen LogP contribution is 2.49. The molecule has 0 aliphatic rings. The van der Waals surface area contributed by atoms with E-state index in [1.807, 2.05) is 6.92 Å². The molecule has 2 aromatic rings. The number of hydrogen-bond acceptors (Lipinski definition) is 4. The predicted octanol–water partition coefficient (Wildman–Crippen LogP) is 5.01. The summed E-state index contributed by atoms with van der Waals surface area (Å²) in [6.45, 7) is 0.874. The van der Waals surface area contributed by atoms with Crippen molar-refractivity contribution in [3.8, 4) is 11.5 Å². The molecule has 1 N–H and O–H groups in total. The van der Waals surface area contributed by atoms with E-state index in [4.69, 9.17) is 4.74 Å². The Morgan fingerprint density at radius 2 is 1.87 bits per heavy atom. The summed E-state index contributed by atoms with van der Waals surface area (Å²) in [6, 6.07) is 6.24.